The SMILES string of the molecule is CCN1CCCC1CN(C)c1cccc(OC)c1C(C)N. The quantitative estimate of drug-likeness (QED) is 0.875. The molecule has 0 saturated carbocycles. The molecule has 1 aliphatic heterocycles. The number of ether oxygens (including phenoxy) is 1. The van der Waals surface area contributed by atoms with Crippen LogP contribution in [0.2, 0.25) is 0 Å². The molecule has 0 aliphatic carbocycles. The summed E-state index contributed by atoms with van der Waals surface area (Å²) in [6.07, 6.45) is 2.60. The lowest BCUT2D eigenvalue weighted by molar-refractivity contribution is 0.270. The Labute approximate surface area is 128 Å². The number of methoxy groups -OCH3 is 1. The lowest BCUT2D eigenvalue weighted by atomic mass is 10.0. The van der Waals surface area contributed by atoms with Crippen LogP contribution in [0.15, 0.2) is 18.2 Å². The minimum atomic E-state index is -0.0375. The molecule has 2 unspecified atom stereocenters. The summed E-state index contributed by atoms with van der Waals surface area (Å²) in [6.45, 7) is 7.67. The Kier molecular flexibility index (Phi) is 5.48. The van der Waals surface area contributed by atoms with Crippen LogP contribution in [0.4, 0.5) is 5.69 Å². The zero-order valence-corrected chi connectivity index (χ0v) is 13.8. The van der Waals surface area contributed by atoms with Gasteiger partial charge in [-0.1, -0.05) is 13.0 Å². The van der Waals surface area contributed by atoms with Crippen molar-refractivity contribution in [3.05, 3.63) is 23.8 Å². The fourth-order valence-corrected chi connectivity index (χ4v) is 3.43. The molecule has 1 aromatic carbocycles. The van der Waals surface area contributed by atoms with Crippen molar-refractivity contribution in [3.63, 3.8) is 0 Å². The fraction of sp³-hybridized carbons (Fsp3) is 0.647. The molecule has 0 spiro atoms. The van der Waals surface area contributed by atoms with Crippen LogP contribution in [0.1, 0.15) is 38.3 Å². The van der Waals surface area contributed by atoms with Crippen LogP contribution in [-0.2, 0) is 0 Å². The monoisotopic (exact) mass is 291 g/mol. The summed E-state index contributed by atoms with van der Waals surface area (Å²) in [5.41, 5.74) is 8.46. The minimum Gasteiger partial charge on any atom is -0.496 e. The highest BCUT2D eigenvalue weighted by Gasteiger charge is 2.25. The molecular weight excluding hydrogens is 262 g/mol. The molecule has 1 aliphatic rings. The number of hydrogen-bond acceptors (Lipinski definition) is 4. The molecule has 0 aromatic heterocycles. The van der Waals surface area contributed by atoms with E-state index < -0.39 is 0 Å². The van der Waals surface area contributed by atoms with Gasteiger partial charge in [0, 0.05) is 36.9 Å². The van der Waals surface area contributed by atoms with Crippen molar-refractivity contribution < 1.29 is 4.74 Å². The maximum absolute atomic E-state index is 6.17. The first-order valence-electron chi connectivity index (χ1n) is 7.96. The molecule has 2 N–H and O–H groups in total. The number of hydrogen-bond donors (Lipinski definition) is 1. The van der Waals surface area contributed by atoms with Crippen molar-refractivity contribution in [1.29, 1.82) is 0 Å². The summed E-state index contributed by atoms with van der Waals surface area (Å²) in [4.78, 5) is 4.90. The van der Waals surface area contributed by atoms with Gasteiger partial charge in [-0.15, -0.1) is 0 Å². The predicted molar refractivity (Wildman–Crippen MR) is 89.1 cm³/mol. The molecule has 1 saturated heterocycles. The maximum atomic E-state index is 6.17. The summed E-state index contributed by atoms with van der Waals surface area (Å²) in [5.74, 6) is 0.883. The summed E-state index contributed by atoms with van der Waals surface area (Å²) in [5, 5.41) is 0. The first-order valence-corrected chi connectivity index (χ1v) is 7.96. The summed E-state index contributed by atoms with van der Waals surface area (Å²) < 4.78 is 5.49. The van der Waals surface area contributed by atoms with Gasteiger partial charge in [-0.25, -0.2) is 0 Å². The van der Waals surface area contributed by atoms with E-state index in [2.05, 4.69) is 29.8 Å². The van der Waals surface area contributed by atoms with E-state index >= 15 is 0 Å². The summed E-state index contributed by atoms with van der Waals surface area (Å²) >= 11 is 0. The third-order valence-corrected chi connectivity index (χ3v) is 4.52. The van der Waals surface area contributed by atoms with Crippen molar-refractivity contribution in [3.8, 4) is 5.75 Å². The minimum absolute atomic E-state index is 0.0375. The molecular formula is C17H29N3O. The lowest BCUT2D eigenvalue weighted by Gasteiger charge is -2.31. The third-order valence-electron chi connectivity index (χ3n) is 4.52. The molecule has 21 heavy (non-hydrogen) atoms. The Morgan fingerprint density at radius 1 is 1.48 bits per heavy atom. The molecule has 2 rings (SSSR count). The van der Waals surface area contributed by atoms with E-state index in [1.54, 1.807) is 7.11 Å². The summed E-state index contributed by atoms with van der Waals surface area (Å²) in [7, 11) is 3.87. The molecule has 0 radical (unpaired) electrons. The Morgan fingerprint density at radius 2 is 2.24 bits per heavy atom. The van der Waals surface area contributed by atoms with Gasteiger partial charge in [0.25, 0.3) is 0 Å². The van der Waals surface area contributed by atoms with Gasteiger partial charge in [0.05, 0.1) is 7.11 Å². The number of likely N-dealkylation sites (tertiary alicyclic amines) is 1. The van der Waals surface area contributed by atoms with E-state index in [9.17, 15) is 0 Å². The Balaban J connectivity index is 2.20. The Bertz CT molecular complexity index is 461. The van der Waals surface area contributed by atoms with Crippen LogP contribution >= 0.6 is 0 Å². The average molecular weight is 291 g/mol. The van der Waals surface area contributed by atoms with E-state index in [4.69, 9.17) is 10.5 Å². The van der Waals surface area contributed by atoms with E-state index in [1.165, 1.54) is 25.1 Å². The topological polar surface area (TPSA) is 41.7 Å². The highest BCUT2D eigenvalue weighted by atomic mass is 16.5. The van der Waals surface area contributed by atoms with Crippen LogP contribution < -0.4 is 15.4 Å². The van der Waals surface area contributed by atoms with E-state index in [0.29, 0.717) is 6.04 Å². The largest absolute Gasteiger partial charge is 0.496 e. The van der Waals surface area contributed by atoms with Gasteiger partial charge in [-0.2, -0.15) is 0 Å². The Morgan fingerprint density at radius 3 is 2.86 bits per heavy atom. The average Bonchev–Trinajstić information content (AvgIpc) is 2.93. The zero-order chi connectivity index (χ0) is 15.4. The molecule has 4 heteroatoms. The first-order chi connectivity index (χ1) is 10.1. The van der Waals surface area contributed by atoms with Crippen LogP contribution in [0.3, 0.4) is 0 Å². The third kappa shape index (κ3) is 3.50. The van der Waals surface area contributed by atoms with Gasteiger partial charge >= 0.3 is 0 Å². The van der Waals surface area contributed by atoms with Crippen molar-refractivity contribution in [2.45, 2.75) is 38.8 Å². The molecule has 118 valence electrons. The molecule has 2 atom stereocenters. The second-order valence-electron chi connectivity index (χ2n) is 5.99. The number of rotatable bonds is 6. The molecule has 1 heterocycles. The second-order valence-corrected chi connectivity index (χ2v) is 5.99. The number of benzene rings is 1. The molecule has 1 aromatic rings. The van der Waals surface area contributed by atoms with Gasteiger partial charge < -0.3 is 15.4 Å². The molecule has 1 fully saturated rings. The molecule has 4 nitrogen and oxygen atoms in total. The highest BCUT2D eigenvalue weighted by Crippen LogP contribution is 2.33. The maximum Gasteiger partial charge on any atom is 0.125 e. The number of nitrogens with zero attached hydrogens (tertiary/aromatic N) is 2. The van der Waals surface area contributed by atoms with Gasteiger partial charge in [0.1, 0.15) is 5.75 Å². The lowest BCUT2D eigenvalue weighted by Crippen LogP contribution is -2.39. The molecule has 0 amide bonds. The van der Waals surface area contributed by atoms with Gasteiger partial charge in [-0.3, -0.25) is 4.90 Å². The van der Waals surface area contributed by atoms with Gasteiger partial charge in [0.15, 0.2) is 0 Å². The smallest absolute Gasteiger partial charge is 0.125 e. The highest BCUT2D eigenvalue weighted by molar-refractivity contribution is 5.60. The second kappa shape index (κ2) is 7.14. The normalized spacial score (nSPS) is 20.5. The molecule has 0 bridgehead atoms. The Hall–Kier alpha value is -1.26. The predicted octanol–water partition coefficient (Wildman–Crippen LogP) is 2.64. The van der Waals surface area contributed by atoms with E-state index in [-0.39, 0.29) is 6.04 Å². The first kappa shape index (κ1) is 16.1. The number of nitrogens with two attached hydrogens (primary N) is 1. The number of likely N-dealkylation sites (N-methyl/N-ethyl adjacent to an activating group) is 2. The van der Waals surface area contributed by atoms with Crippen molar-refractivity contribution >= 4 is 5.69 Å². The van der Waals surface area contributed by atoms with Crippen molar-refractivity contribution in [2.24, 2.45) is 5.73 Å². The van der Waals surface area contributed by atoms with Crippen LogP contribution in [0.5, 0.6) is 5.75 Å². The van der Waals surface area contributed by atoms with Gasteiger partial charge in [-0.05, 0) is 45.0 Å². The number of anilines is 1. The van der Waals surface area contributed by atoms with Crippen LogP contribution in [0.25, 0.3) is 0 Å². The van der Waals surface area contributed by atoms with E-state index in [0.717, 1.165) is 24.4 Å². The standard InChI is InChI=1S/C17H29N3O/c1-5-20-11-7-8-14(20)12-19(3)15-9-6-10-16(21-4)17(15)13(2)18/h6,9-10,13-14H,5,7-8,11-12,18H2,1-4H3. The van der Waals surface area contributed by atoms with Crippen LogP contribution in [0, 0.1) is 0 Å². The summed E-state index contributed by atoms with van der Waals surface area (Å²) in [6, 6.07) is 6.79. The fourth-order valence-electron chi connectivity index (χ4n) is 3.43. The van der Waals surface area contributed by atoms with Crippen molar-refractivity contribution in [1.82, 2.24) is 4.90 Å². The zero-order valence-electron chi connectivity index (χ0n) is 13.8. The van der Waals surface area contributed by atoms with E-state index in [1.807, 2.05) is 19.1 Å². The van der Waals surface area contributed by atoms with Gasteiger partial charge in [0.2, 0.25) is 0 Å². The van der Waals surface area contributed by atoms with Crippen molar-refractivity contribution in [2.75, 3.05) is 38.7 Å². The van der Waals surface area contributed by atoms with Crippen LogP contribution in [-0.4, -0.2) is 44.7 Å².